The second-order valence-electron chi connectivity index (χ2n) is 8.07. The van der Waals surface area contributed by atoms with Gasteiger partial charge in [0.05, 0.1) is 26.9 Å². The van der Waals surface area contributed by atoms with E-state index in [0.29, 0.717) is 12.8 Å². The summed E-state index contributed by atoms with van der Waals surface area (Å²) < 4.78 is 23.3. The fraction of sp³-hybridized carbons (Fsp3) is 0.296. The van der Waals surface area contributed by atoms with Crippen molar-refractivity contribution in [1.29, 1.82) is 0 Å². The molecule has 4 rings (SSSR count). The third-order valence-electron chi connectivity index (χ3n) is 6.12. The molecule has 1 aliphatic rings. The van der Waals surface area contributed by atoms with Gasteiger partial charge < -0.3 is 29.4 Å². The van der Waals surface area contributed by atoms with E-state index < -0.39 is 24.0 Å². The van der Waals surface area contributed by atoms with Crippen LogP contribution < -0.4 is 14.8 Å². The zero-order valence-corrected chi connectivity index (χ0v) is 19.2. The molecular formula is C27H29NO6. The molecular weight excluding hydrogens is 434 g/mol. The van der Waals surface area contributed by atoms with E-state index in [9.17, 15) is 9.90 Å². The normalized spacial score (nSPS) is 20.0. The van der Waals surface area contributed by atoms with Crippen LogP contribution in [0.15, 0.2) is 78.9 Å². The molecule has 7 nitrogen and oxygen atoms in total. The molecule has 0 saturated carbocycles. The number of methoxy groups -OCH3 is 2. The van der Waals surface area contributed by atoms with Crippen LogP contribution in [0.25, 0.3) is 0 Å². The van der Waals surface area contributed by atoms with E-state index in [-0.39, 0.29) is 6.61 Å². The van der Waals surface area contributed by atoms with Crippen molar-refractivity contribution in [3.05, 3.63) is 95.6 Å². The number of amides is 1. The van der Waals surface area contributed by atoms with Gasteiger partial charge in [0.15, 0.2) is 0 Å². The fourth-order valence-electron chi connectivity index (χ4n) is 4.34. The van der Waals surface area contributed by atoms with Crippen LogP contribution in [-0.4, -0.2) is 50.8 Å². The first-order chi connectivity index (χ1) is 16.6. The maximum Gasteiger partial charge on any atom is 0.209 e. The Hall–Kier alpha value is -3.39. The van der Waals surface area contributed by atoms with Gasteiger partial charge in [0, 0.05) is 6.42 Å². The van der Waals surface area contributed by atoms with Crippen molar-refractivity contribution in [1.82, 2.24) is 5.32 Å². The minimum atomic E-state index is -1.00. The van der Waals surface area contributed by atoms with E-state index >= 15 is 0 Å². The number of aliphatic hydroxyl groups is 1. The first-order valence-electron chi connectivity index (χ1n) is 11.1. The minimum absolute atomic E-state index is 0.102. The number of ether oxygens (including phenoxy) is 4. The largest absolute Gasteiger partial charge is 0.497 e. The second-order valence-corrected chi connectivity index (χ2v) is 8.07. The molecule has 0 spiro atoms. The number of carbonyl (C=O) groups excluding carboxylic acids is 1. The summed E-state index contributed by atoms with van der Waals surface area (Å²) in [7, 11) is 3.25. The maximum atomic E-state index is 10.8. The van der Waals surface area contributed by atoms with E-state index in [0.717, 1.165) is 28.2 Å². The summed E-state index contributed by atoms with van der Waals surface area (Å²) in [5.74, 6) is 1.47. The van der Waals surface area contributed by atoms with Gasteiger partial charge in [-0.15, -0.1) is 0 Å². The molecule has 1 aliphatic heterocycles. The van der Waals surface area contributed by atoms with E-state index in [2.05, 4.69) is 5.32 Å². The summed E-state index contributed by atoms with van der Waals surface area (Å²) in [6, 6.07) is 25.4. The number of carbonyl (C=O) groups is 1. The molecule has 0 radical (unpaired) electrons. The van der Waals surface area contributed by atoms with Gasteiger partial charge >= 0.3 is 0 Å². The average molecular weight is 464 g/mol. The average Bonchev–Trinajstić information content (AvgIpc) is 3.24. The quantitative estimate of drug-likeness (QED) is 0.355. The van der Waals surface area contributed by atoms with Crippen LogP contribution in [0.4, 0.5) is 0 Å². The van der Waals surface area contributed by atoms with Crippen molar-refractivity contribution in [2.75, 3.05) is 20.8 Å². The Kier molecular flexibility index (Phi) is 7.47. The zero-order valence-electron chi connectivity index (χ0n) is 19.2. The number of aliphatic hydroxyl groups excluding tert-OH is 1. The van der Waals surface area contributed by atoms with Crippen LogP contribution in [0.1, 0.15) is 23.1 Å². The van der Waals surface area contributed by atoms with Crippen LogP contribution >= 0.6 is 0 Å². The summed E-state index contributed by atoms with van der Waals surface area (Å²) in [6.45, 7) is 0.102. The Balaban J connectivity index is 1.79. The highest BCUT2D eigenvalue weighted by Gasteiger charge is 2.41. The van der Waals surface area contributed by atoms with Gasteiger partial charge in [0.25, 0.3) is 0 Å². The lowest BCUT2D eigenvalue weighted by atomic mass is 9.80. The van der Waals surface area contributed by atoms with Gasteiger partial charge in [-0.25, -0.2) is 0 Å². The maximum absolute atomic E-state index is 10.8. The van der Waals surface area contributed by atoms with Crippen LogP contribution in [0.5, 0.6) is 11.5 Å². The summed E-state index contributed by atoms with van der Waals surface area (Å²) in [6.07, 6.45) is -1.04. The van der Waals surface area contributed by atoms with Gasteiger partial charge in [0.2, 0.25) is 6.41 Å². The number of benzene rings is 3. The van der Waals surface area contributed by atoms with Crippen LogP contribution in [0, 0.1) is 0 Å². The van der Waals surface area contributed by atoms with E-state index in [4.69, 9.17) is 18.9 Å². The lowest BCUT2D eigenvalue weighted by molar-refractivity contribution is -0.116. The summed E-state index contributed by atoms with van der Waals surface area (Å²) in [5, 5.41) is 13.1. The van der Waals surface area contributed by atoms with Crippen molar-refractivity contribution < 1.29 is 28.8 Å². The molecule has 0 aliphatic carbocycles. The smallest absolute Gasteiger partial charge is 0.209 e. The van der Waals surface area contributed by atoms with Gasteiger partial charge in [0.1, 0.15) is 29.4 Å². The first kappa shape index (κ1) is 23.8. The van der Waals surface area contributed by atoms with Crippen molar-refractivity contribution in [2.24, 2.45) is 0 Å². The Morgan fingerprint density at radius 1 is 0.912 bits per heavy atom. The monoisotopic (exact) mass is 463 g/mol. The van der Waals surface area contributed by atoms with E-state index in [1.54, 1.807) is 14.2 Å². The lowest BCUT2D eigenvalue weighted by Gasteiger charge is -2.37. The summed E-state index contributed by atoms with van der Waals surface area (Å²) >= 11 is 0. The predicted molar refractivity (Wildman–Crippen MR) is 127 cm³/mol. The van der Waals surface area contributed by atoms with E-state index in [1.807, 2.05) is 78.9 Å². The molecule has 0 unspecified atom stereocenters. The molecule has 2 N–H and O–H groups in total. The van der Waals surface area contributed by atoms with Gasteiger partial charge in [-0.2, -0.15) is 0 Å². The Labute approximate surface area is 199 Å². The molecule has 3 atom stereocenters. The molecule has 0 bridgehead atoms. The topological polar surface area (TPSA) is 86.2 Å². The number of rotatable bonds is 10. The highest BCUT2D eigenvalue weighted by atomic mass is 16.6. The molecule has 178 valence electrons. The van der Waals surface area contributed by atoms with Crippen LogP contribution in [0.3, 0.4) is 0 Å². The van der Waals surface area contributed by atoms with Crippen LogP contribution in [0.2, 0.25) is 0 Å². The van der Waals surface area contributed by atoms with Crippen LogP contribution in [-0.2, 0) is 19.9 Å². The van der Waals surface area contributed by atoms with Crippen molar-refractivity contribution >= 4 is 6.41 Å². The third kappa shape index (κ3) is 4.77. The SMILES string of the molecule is COc1ccc(C(OC[C@H]2O[C@@H](NC=O)C[C@@H]2O)(c2ccccc2)c2ccc(OC)cc2)cc1. The highest BCUT2D eigenvalue weighted by molar-refractivity contribution is 5.50. The first-order valence-corrected chi connectivity index (χ1v) is 11.1. The number of nitrogens with one attached hydrogen (secondary N) is 1. The van der Waals surface area contributed by atoms with E-state index in [1.165, 1.54) is 0 Å². The Bertz CT molecular complexity index is 1010. The molecule has 1 heterocycles. The molecule has 1 saturated heterocycles. The standard InChI is InChI=1S/C27H29NO6/c1-31-22-12-8-20(9-13-22)27(19-6-4-3-5-7-19,21-10-14-23(32-2)15-11-21)33-17-25-24(30)16-26(34-25)28-18-29/h3-15,18,24-26,30H,16-17H2,1-2H3,(H,28,29)/t24-,25+,26+/m0/s1. The summed E-state index contributed by atoms with van der Waals surface area (Å²) in [4.78, 5) is 10.8. The molecule has 0 aromatic heterocycles. The third-order valence-corrected chi connectivity index (χ3v) is 6.12. The predicted octanol–water partition coefficient (Wildman–Crippen LogP) is 3.23. The van der Waals surface area contributed by atoms with Crippen molar-refractivity contribution in [2.45, 2.75) is 30.5 Å². The molecule has 1 fully saturated rings. The number of hydrogen-bond acceptors (Lipinski definition) is 6. The molecule has 7 heteroatoms. The lowest BCUT2D eigenvalue weighted by Crippen LogP contribution is -2.38. The minimum Gasteiger partial charge on any atom is -0.497 e. The van der Waals surface area contributed by atoms with Gasteiger partial charge in [-0.05, 0) is 41.0 Å². The molecule has 3 aromatic carbocycles. The molecule has 3 aromatic rings. The fourth-order valence-corrected chi connectivity index (χ4v) is 4.34. The highest BCUT2D eigenvalue weighted by Crippen LogP contribution is 2.42. The van der Waals surface area contributed by atoms with Gasteiger partial charge in [-0.3, -0.25) is 4.79 Å². The van der Waals surface area contributed by atoms with Gasteiger partial charge in [-0.1, -0.05) is 54.6 Å². The molecule has 34 heavy (non-hydrogen) atoms. The Morgan fingerprint density at radius 3 is 1.94 bits per heavy atom. The zero-order chi connectivity index (χ0) is 24.0. The van der Waals surface area contributed by atoms with Crippen molar-refractivity contribution in [3.8, 4) is 11.5 Å². The second kappa shape index (κ2) is 10.7. The summed E-state index contributed by atoms with van der Waals surface area (Å²) in [5.41, 5.74) is 1.69. The molecule has 1 amide bonds. The van der Waals surface area contributed by atoms with Crippen molar-refractivity contribution in [3.63, 3.8) is 0 Å². The Morgan fingerprint density at radius 2 is 1.44 bits per heavy atom. The number of hydrogen-bond donors (Lipinski definition) is 2.